The Kier molecular flexibility index (Phi) is 6.73. The number of Topliss-reactive ketones (excluding diaryl/α,β-unsaturated/α-hetero) is 1. The molecule has 29 heavy (non-hydrogen) atoms. The highest BCUT2D eigenvalue weighted by Gasteiger charge is 2.20. The number of nitrogens with zero attached hydrogens (tertiary/aromatic N) is 1. The molecule has 0 radical (unpaired) electrons. The lowest BCUT2D eigenvalue weighted by atomic mass is 10.0. The van der Waals surface area contributed by atoms with Crippen molar-refractivity contribution in [1.82, 2.24) is 0 Å². The highest BCUT2D eigenvalue weighted by atomic mass is 19.1. The summed E-state index contributed by atoms with van der Waals surface area (Å²) in [5.74, 6) is -1.14. The van der Waals surface area contributed by atoms with Gasteiger partial charge in [-0.15, -0.1) is 0 Å². The minimum atomic E-state index is -0.897. The van der Waals surface area contributed by atoms with E-state index in [1.54, 1.807) is 26.8 Å². The molecule has 0 aliphatic carbocycles. The van der Waals surface area contributed by atoms with Crippen molar-refractivity contribution < 1.29 is 28.2 Å². The summed E-state index contributed by atoms with van der Waals surface area (Å²) in [7, 11) is 1.38. The number of carbonyl (C=O) groups is 2. The first-order valence-corrected chi connectivity index (χ1v) is 8.64. The fraction of sp³-hybridized carbons (Fsp3) is 0.227. The second-order valence-electron chi connectivity index (χ2n) is 6.96. The number of hydrogen-bond acceptors (Lipinski definition) is 6. The summed E-state index contributed by atoms with van der Waals surface area (Å²) in [5.41, 5.74) is -0.739. The zero-order valence-corrected chi connectivity index (χ0v) is 16.5. The molecule has 6 nitrogen and oxygen atoms in total. The number of methoxy groups -OCH3 is 1. The first kappa shape index (κ1) is 21.6. The van der Waals surface area contributed by atoms with Gasteiger partial charge in [0.1, 0.15) is 23.1 Å². The number of carbonyl (C=O) groups excluding carboxylic acids is 2. The van der Waals surface area contributed by atoms with E-state index < -0.39 is 23.4 Å². The smallest absolute Gasteiger partial charge is 0.493 e. The van der Waals surface area contributed by atoms with Crippen molar-refractivity contribution in [2.75, 3.05) is 7.11 Å². The Morgan fingerprint density at radius 1 is 1.10 bits per heavy atom. The number of nitriles is 1. The van der Waals surface area contributed by atoms with Gasteiger partial charge in [-0.25, -0.2) is 9.18 Å². The van der Waals surface area contributed by atoms with E-state index in [9.17, 15) is 19.2 Å². The Morgan fingerprint density at radius 2 is 1.79 bits per heavy atom. The van der Waals surface area contributed by atoms with Gasteiger partial charge < -0.3 is 14.2 Å². The second-order valence-corrected chi connectivity index (χ2v) is 6.96. The molecule has 0 saturated carbocycles. The van der Waals surface area contributed by atoms with Crippen LogP contribution in [0.15, 0.2) is 48.0 Å². The van der Waals surface area contributed by atoms with Crippen LogP contribution < -0.4 is 9.47 Å². The van der Waals surface area contributed by atoms with E-state index in [4.69, 9.17) is 14.2 Å². The van der Waals surface area contributed by atoms with Gasteiger partial charge in [0, 0.05) is 0 Å². The van der Waals surface area contributed by atoms with Crippen molar-refractivity contribution in [2.45, 2.75) is 26.4 Å². The van der Waals surface area contributed by atoms with Crippen LogP contribution in [0, 0.1) is 17.1 Å². The summed E-state index contributed by atoms with van der Waals surface area (Å²) in [4.78, 5) is 24.3. The third kappa shape index (κ3) is 5.91. The summed E-state index contributed by atoms with van der Waals surface area (Å²) < 4.78 is 29.3. The molecule has 2 aromatic carbocycles. The molecule has 150 valence electrons. The molecule has 0 amide bonds. The fourth-order valence-electron chi connectivity index (χ4n) is 2.32. The van der Waals surface area contributed by atoms with Crippen LogP contribution in [0.1, 0.15) is 36.7 Å². The normalized spacial score (nSPS) is 11.4. The third-order valence-corrected chi connectivity index (χ3v) is 3.57. The minimum absolute atomic E-state index is 0.109. The lowest BCUT2D eigenvalue weighted by Crippen LogP contribution is -2.26. The van der Waals surface area contributed by atoms with Gasteiger partial charge in [-0.3, -0.25) is 4.79 Å². The first-order chi connectivity index (χ1) is 13.6. The van der Waals surface area contributed by atoms with Gasteiger partial charge in [-0.1, -0.05) is 18.2 Å². The Labute approximate surface area is 168 Å². The highest BCUT2D eigenvalue weighted by molar-refractivity contribution is 6.14. The summed E-state index contributed by atoms with van der Waals surface area (Å²) in [5, 5.41) is 9.34. The highest BCUT2D eigenvalue weighted by Crippen LogP contribution is 2.30. The predicted octanol–water partition coefficient (Wildman–Crippen LogP) is 4.94. The van der Waals surface area contributed by atoms with Gasteiger partial charge in [-0.05, 0) is 56.7 Å². The van der Waals surface area contributed by atoms with E-state index in [2.05, 4.69) is 0 Å². The van der Waals surface area contributed by atoms with Crippen molar-refractivity contribution in [1.29, 1.82) is 5.26 Å². The third-order valence-electron chi connectivity index (χ3n) is 3.57. The maximum Gasteiger partial charge on any atom is 0.514 e. The van der Waals surface area contributed by atoms with Crippen molar-refractivity contribution in [2.24, 2.45) is 0 Å². The van der Waals surface area contributed by atoms with Crippen molar-refractivity contribution >= 4 is 18.0 Å². The van der Waals surface area contributed by atoms with E-state index in [1.165, 1.54) is 49.6 Å². The summed E-state index contributed by atoms with van der Waals surface area (Å²) in [6, 6.07) is 11.6. The standard InChI is InChI=1S/C22H20FNO5/c1-22(2,3)29-21(26)28-18-10-9-14(12-19(18)27-4)11-15(13-24)20(25)16-7-5-6-8-17(16)23/h5-12H,1-4H3/b15-11+. The number of rotatable bonds is 5. The second kappa shape index (κ2) is 9.02. The molecule has 7 heteroatoms. The average molecular weight is 397 g/mol. The number of hydrogen-bond donors (Lipinski definition) is 0. The fourth-order valence-corrected chi connectivity index (χ4v) is 2.32. The molecular weight excluding hydrogens is 377 g/mol. The Bertz CT molecular complexity index is 999. The van der Waals surface area contributed by atoms with Crippen LogP contribution in [0.2, 0.25) is 0 Å². The molecule has 2 rings (SSSR count). The number of benzene rings is 2. The first-order valence-electron chi connectivity index (χ1n) is 8.64. The Balaban J connectivity index is 2.30. The average Bonchev–Trinajstić information content (AvgIpc) is 2.65. The summed E-state index contributed by atoms with van der Waals surface area (Å²) in [6.07, 6.45) is 0.403. The van der Waals surface area contributed by atoms with Gasteiger partial charge in [0.25, 0.3) is 0 Å². The minimum Gasteiger partial charge on any atom is -0.493 e. The molecule has 0 spiro atoms. The monoisotopic (exact) mass is 397 g/mol. The van der Waals surface area contributed by atoms with Gasteiger partial charge in [0.15, 0.2) is 11.5 Å². The van der Waals surface area contributed by atoms with Gasteiger partial charge >= 0.3 is 6.16 Å². The molecule has 0 aliphatic rings. The molecule has 0 bridgehead atoms. The number of ketones is 1. The van der Waals surface area contributed by atoms with Crippen molar-refractivity contribution in [3.8, 4) is 17.6 Å². The van der Waals surface area contributed by atoms with E-state index in [0.717, 1.165) is 6.07 Å². The maximum absolute atomic E-state index is 13.8. The molecule has 0 aliphatic heterocycles. The quantitative estimate of drug-likeness (QED) is 0.234. The lowest BCUT2D eigenvalue weighted by molar-refractivity contribution is 0.0201. The molecule has 0 heterocycles. The zero-order chi connectivity index (χ0) is 21.6. The van der Waals surface area contributed by atoms with Gasteiger partial charge in [0.05, 0.1) is 12.7 Å². The largest absolute Gasteiger partial charge is 0.514 e. The molecular formula is C22H20FNO5. The Hall–Kier alpha value is -3.66. The predicted molar refractivity (Wildman–Crippen MR) is 104 cm³/mol. The van der Waals surface area contributed by atoms with Crippen LogP contribution in [-0.4, -0.2) is 24.6 Å². The van der Waals surface area contributed by atoms with E-state index >= 15 is 0 Å². The lowest BCUT2D eigenvalue weighted by Gasteiger charge is -2.19. The number of allylic oxidation sites excluding steroid dienone is 1. The van der Waals surface area contributed by atoms with Crippen molar-refractivity contribution in [3.05, 3.63) is 65.0 Å². The summed E-state index contributed by atoms with van der Waals surface area (Å²) >= 11 is 0. The van der Waals surface area contributed by atoms with Crippen LogP contribution in [0.5, 0.6) is 11.5 Å². The number of halogens is 1. The zero-order valence-electron chi connectivity index (χ0n) is 16.5. The summed E-state index contributed by atoms with van der Waals surface area (Å²) in [6.45, 7) is 5.11. The molecule has 0 unspecified atom stereocenters. The van der Waals surface area contributed by atoms with Gasteiger partial charge in [-0.2, -0.15) is 5.26 Å². The topological polar surface area (TPSA) is 85.6 Å². The van der Waals surface area contributed by atoms with Crippen LogP contribution in [0.3, 0.4) is 0 Å². The molecule has 0 fully saturated rings. The molecule has 0 aromatic heterocycles. The van der Waals surface area contributed by atoms with Crippen LogP contribution in [0.4, 0.5) is 9.18 Å². The Morgan fingerprint density at radius 3 is 2.38 bits per heavy atom. The van der Waals surface area contributed by atoms with Gasteiger partial charge in [0.2, 0.25) is 5.78 Å². The van der Waals surface area contributed by atoms with Crippen LogP contribution in [0.25, 0.3) is 6.08 Å². The molecule has 0 N–H and O–H groups in total. The molecule has 0 atom stereocenters. The number of ether oxygens (including phenoxy) is 3. The van der Waals surface area contributed by atoms with Crippen LogP contribution >= 0.6 is 0 Å². The maximum atomic E-state index is 13.8. The molecule has 0 saturated heterocycles. The molecule has 2 aromatic rings. The SMILES string of the molecule is COc1cc(/C=C(\C#N)C(=O)c2ccccc2F)ccc1OC(=O)OC(C)(C)C. The van der Waals surface area contributed by atoms with Crippen molar-refractivity contribution in [3.63, 3.8) is 0 Å². The van der Waals surface area contributed by atoms with E-state index in [1.807, 2.05) is 0 Å². The van der Waals surface area contributed by atoms with E-state index in [0.29, 0.717) is 5.56 Å². The van der Waals surface area contributed by atoms with Crippen LogP contribution in [-0.2, 0) is 4.74 Å². The van der Waals surface area contributed by atoms with E-state index in [-0.39, 0.29) is 22.6 Å².